The van der Waals surface area contributed by atoms with Crippen LogP contribution in [0, 0.1) is 0 Å². The molecule has 1 unspecified atom stereocenters. The van der Waals surface area contributed by atoms with Gasteiger partial charge in [0.05, 0.1) is 4.90 Å². The maximum absolute atomic E-state index is 13.2. The minimum atomic E-state index is -5.37. The van der Waals surface area contributed by atoms with Crippen molar-refractivity contribution in [3.05, 3.63) is 54.1 Å². The number of carbonyl (C=O) groups excluding carboxylic acids is 1. The molecule has 33 heavy (non-hydrogen) atoms. The van der Waals surface area contributed by atoms with E-state index in [1.54, 1.807) is 24.3 Å². The standard InChI is InChI=1S/C24H27F3N2O3S/c25-24(26,27)33(31,32)22-12-10-19(11-13-22)18-6-8-20(9-7-18)23(30)29-16-2-1-5-21(29)17-28-14-3-4-15-28/h6-13,21H,1-5,14-17H2. The molecule has 0 aliphatic carbocycles. The fourth-order valence-electron chi connectivity index (χ4n) is 4.65. The van der Waals surface area contributed by atoms with E-state index in [4.69, 9.17) is 0 Å². The van der Waals surface area contributed by atoms with Gasteiger partial charge in [-0.15, -0.1) is 0 Å². The number of piperidine rings is 1. The van der Waals surface area contributed by atoms with Crippen LogP contribution >= 0.6 is 0 Å². The minimum absolute atomic E-state index is 0.00272. The zero-order chi connectivity index (χ0) is 23.6. The summed E-state index contributed by atoms with van der Waals surface area (Å²) in [5.41, 5.74) is -3.50. The van der Waals surface area contributed by atoms with Gasteiger partial charge in [0.2, 0.25) is 0 Å². The molecule has 0 spiro atoms. The zero-order valence-electron chi connectivity index (χ0n) is 18.2. The second-order valence-corrected chi connectivity index (χ2v) is 10.6. The van der Waals surface area contributed by atoms with Crippen LogP contribution in [0.4, 0.5) is 13.2 Å². The Bertz CT molecular complexity index is 1080. The fraction of sp³-hybridized carbons (Fsp3) is 0.458. The molecule has 2 aliphatic heterocycles. The van der Waals surface area contributed by atoms with Crippen LogP contribution < -0.4 is 0 Å². The first-order valence-electron chi connectivity index (χ1n) is 11.2. The van der Waals surface area contributed by atoms with Crippen LogP contribution in [0.5, 0.6) is 0 Å². The lowest BCUT2D eigenvalue weighted by Crippen LogP contribution is -2.49. The molecule has 2 heterocycles. The highest BCUT2D eigenvalue weighted by molar-refractivity contribution is 7.92. The maximum Gasteiger partial charge on any atom is 0.501 e. The quantitative estimate of drug-likeness (QED) is 0.621. The molecule has 0 radical (unpaired) electrons. The molecule has 2 aromatic carbocycles. The van der Waals surface area contributed by atoms with Crippen molar-refractivity contribution in [2.24, 2.45) is 0 Å². The van der Waals surface area contributed by atoms with Crippen LogP contribution in [0.15, 0.2) is 53.4 Å². The predicted octanol–water partition coefficient (Wildman–Crippen LogP) is 4.74. The average Bonchev–Trinajstić information content (AvgIpc) is 3.32. The second-order valence-electron chi connectivity index (χ2n) is 8.71. The molecule has 0 aromatic heterocycles. The average molecular weight is 481 g/mol. The molecule has 2 aromatic rings. The monoisotopic (exact) mass is 480 g/mol. The van der Waals surface area contributed by atoms with E-state index in [0.29, 0.717) is 16.7 Å². The fourth-order valence-corrected chi connectivity index (χ4v) is 5.41. The van der Waals surface area contributed by atoms with Crippen molar-refractivity contribution in [1.82, 2.24) is 9.80 Å². The molecule has 2 aliphatic rings. The molecule has 9 heteroatoms. The molecule has 1 amide bonds. The summed E-state index contributed by atoms with van der Waals surface area (Å²) >= 11 is 0. The largest absolute Gasteiger partial charge is 0.501 e. The molecule has 0 N–H and O–H groups in total. The third-order valence-corrected chi connectivity index (χ3v) is 7.99. The highest BCUT2D eigenvalue weighted by Gasteiger charge is 2.46. The van der Waals surface area contributed by atoms with Crippen molar-refractivity contribution >= 4 is 15.7 Å². The zero-order valence-corrected chi connectivity index (χ0v) is 19.0. The van der Waals surface area contributed by atoms with Crippen LogP contribution in [0.3, 0.4) is 0 Å². The van der Waals surface area contributed by atoms with E-state index in [-0.39, 0.29) is 11.9 Å². The normalized spacial score (nSPS) is 20.2. The summed E-state index contributed by atoms with van der Waals surface area (Å²) in [6.45, 7) is 3.85. The van der Waals surface area contributed by atoms with Crippen LogP contribution in [-0.4, -0.2) is 61.9 Å². The first kappa shape index (κ1) is 23.8. The Hall–Kier alpha value is -2.39. The number of alkyl halides is 3. The number of benzene rings is 2. The van der Waals surface area contributed by atoms with E-state index < -0.39 is 20.2 Å². The van der Waals surface area contributed by atoms with Crippen LogP contribution in [-0.2, 0) is 9.84 Å². The third-order valence-electron chi connectivity index (χ3n) is 6.49. The van der Waals surface area contributed by atoms with E-state index in [0.717, 1.165) is 57.6 Å². The Labute approximate surface area is 192 Å². The summed E-state index contributed by atoms with van der Waals surface area (Å²) in [5.74, 6) is -0.00272. The molecule has 1 atom stereocenters. The van der Waals surface area contributed by atoms with Crippen molar-refractivity contribution in [1.29, 1.82) is 0 Å². The van der Waals surface area contributed by atoms with Gasteiger partial charge in [-0.25, -0.2) is 8.42 Å². The number of hydrogen-bond donors (Lipinski definition) is 0. The van der Waals surface area contributed by atoms with Crippen LogP contribution in [0.2, 0.25) is 0 Å². The molecule has 178 valence electrons. The highest BCUT2D eigenvalue weighted by Crippen LogP contribution is 2.31. The lowest BCUT2D eigenvalue weighted by molar-refractivity contribution is -0.0436. The second kappa shape index (κ2) is 9.46. The van der Waals surface area contributed by atoms with Gasteiger partial charge in [0.25, 0.3) is 15.7 Å². The lowest BCUT2D eigenvalue weighted by atomic mass is 9.99. The molecule has 0 bridgehead atoms. The van der Waals surface area contributed by atoms with E-state index in [9.17, 15) is 26.4 Å². The Morgan fingerprint density at radius 1 is 0.848 bits per heavy atom. The van der Waals surface area contributed by atoms with E-state index in [2.05, 4.69) is 4.90 Å². The van der Waals surface area contributed by atoms with Gasteiger partial charge in [-0.1, -0.05) is 24.3 Å². The number of sulfone groups is 1. The van der Waals surface area contributed by atoms with Crippen molar-refractivity contribution in [3.63, 3.8) is 0 Å². The van der Waals surface area contributed by atoms with Gasteiger partial charge >= 0.3 is 5.51 Å². The molecule has 0 saturated carbocycles. The van der Waals surface area contributed by atoms with E-state index in [1.807, 2.05) is 4.90 Å². The first-order chi connectivity index (χ1) is 15.7. The number of likely N-dealkylation sites (tertiary alicyclic amines) is 2. The summed E-state index contributed by atoms with van der Waals surface area (Å²) in [6.07, 6.45) is 5.55. The number of hydrogen-bond acceptors (Lipinski definition) is 4. The highest BCUT2D eigenvalue weighted by atomic mass is 32.2. The Morgan fingerprint density at radius 3 is 1.97 bits per heavy atom. The van der Waals surface area contributed by atoms with Crippen molar-refractivity contribution in [2.75, 3.05) is 26.2 Å². The van der Waals surface area contributed by atoms with E-state index >= 15 is 0 Å². The summed E-state index contributed by atoms with van der Waals surface area (Å²) < 4.78 is 61.3. The van der Waals surface area contributed by atoms with Gasteiger partial charge < -0.3 is 9.80 Å². The van der Waals surface area contributed by atoms with Crippen molar-refractivity contribution in [2.45, 2.75) is 48.5 Å². The number of carbonyl (C=O) groups is 1. The number of nitrogens with zero attached hydrogens (tertiary/aromatic N) is 2. The van der Waals surface area contributed by atoms with Gasteiger partial charge in [0.15, 0.2) is 0 Å². The van der Waals surface area contributed by atoms with Gasteiger partial charge in [-0.05, 0) is 80.6 Å². The Kier molecular flexibility index (Phi) is 6.81. The number of amides is 1. The first-order valence-corrected chi connectivity index (χ1v) is 12.7. The molecule has 5 nitrogen and oxygen atoms in total. The number of rotatable bonds is 5. The molecule has 2 saturated heterocycles. The SMILES string of the molecule is O=C(c1ccc(-c2ccc(S(=O)(=O)C(F)(F)F)cc2)cc1)N1CCCCC1CN1CCCC1. The van der Waals surface area contributed by atoms with Gasteiger partial charge in [0, 0.05) is 24.7 Å². The topological polar surface area (TPSA) is 57.7 Å². The lowest BCUT2D eigenvalue weighted by Gasteiger charge is -2.38. The summed E-state index contributed by atoms with van der Waals surface area (Å²) in [6, 6.07) is 11.7. The van der Waals surface area contributed by atoms with Crippen LogP contribution in [0.25, 0.3) is 11.1 Å². The molecular weight excluding hydrogens is 453 g/mol. The summed E-state index contributed by atoms with van der Waals surface area (Å²) in [4.78, 5) is 16.8. The maximum atomic E-state index is 13.2. The number of halogens is 3. The summed E-state index contributed by atoms with van der Waals surface area (Å²) in [5, 5.41) is 0. The van der Waals surface area contributed by atoms with Crippen molar-refractivity contribution in [3.8, 4) is 11.1 Å². The van der Waals surface area contributed by atoms with Crippen molar-refractivity contribution < 1.29 is 26.4 Å². The summed E-state index contributed by atoms with van der Waals surface area (Å²) in [7, 11) is -5.37. The Balaban J connectivity index is 1.47. The third kappa shape index (κ3) is 5.09. The molecule has 2 fully saturated rings. The van der Waals surface area contributed by atoms with Gasteiger partial charge in [-0.2, -0.15) is 13.2 Å². The van der Waals surface area contributed by atoms with Gasteiger partial charge in [-0.3, -0.25) is 4.79 Å². The smallest absolute Gasteiger partial charge is 0.334 e. The van der Waals surface area contributed by atoms with E-state index in [1.165, 1.54) is 25.0 Å². The predicted molar refractivity (Wildman–Crippen MR) is 119 cm³/mol. The van der Waals surface area contributed by atoms with Gasteiger partial charge in [0.1, 0.15) is 0 Å². The Morgan fingerprint density at radius 2 is 1.39 bits per heavy atom. The minimum Gasteiger partial charge on any atom is -0.334 e. The molecular formula is C24H27F3N2O3S. The molecule has 4 rings (SSSR count). The van der Waals surface area contributed by atoms with Crippen LogP contribution in [0.1, 0.15) is 42.5 Å².